The molecule has 116 valence electrons. The first-order valence-corrected chi connectivity index (χ1v) is 6.69. The number of aliphatic imine (C=N–C) groups is 1. The highest BCUT2D eigenvalue weighted by Gasteiger charge is 2.24. The Morgan fingerprint density at radius 3 is 2.48 bits per heavy atom. The Bertz CT molecular complexity index is 826. The van der Waals surface area contributed by atoms with Gasteiger partial charge in [-0.2, -0.15) is 0 Å². The Labute approximate surface area is 130 Å². The van der Waals surface area contributed by atoms with Crippen LogP contribution in [0.25, 0.3) is 6.08 Å². The van der Waals surface area contributed by atoms with Crippen molar-refractivity contribution in [2.24, 2.45) is 4.99 Å². The van der Waals surface area contributed by atoms with Gasteiger partial charge < -0.3 is 9.47 Å². The highest BCUT2D eigenvalue weighted by molar-refractivity contribution is 6.12. The minimum atomic E-state index is -0.995. The van der Waals surface area contributed by atoms with Gasteiger partial charge in [0.15, 0.2) is 17.3 Å². The number of methoxy groups -OCH3 is 1. The molecule has 1 aliphatic rings. The summed E-state index contributed by atoms with van der Waals surface area (Å²) >= 11 is 0. The summed E-state index contributed by atoms with van der Waals surface area (Å²) < 4.78 is 36.2. The van der Waals surface area contributed by atoms with Crippen molar-refractivity contribution >= 4 is 17.9 Å². The number of halogens is 2. The molecule has 23 heavy (non-hydrogen) atoms. The van der Waals surface area contributed by atoms with E-state index in [-0.39, 0.29) is 11.6 Å². The maximum atomic E-state index is 13.2. The number of hydrogen-bond acceptors (Lipinski definition) is 4. The molecule has 0 aliphatic carbocycles. The number of benzene rings is 2. The maximum Gasteiger partial charge on any atom is 0.363 e. The second-order valence-electron chi connectivity index (χ2n) is 4.74. The first-order chi connectivity index (χ1) is 11.1. The average Bonchev–Trinajstić information content (AvgIpc) is 2.92. The zero-order chi connectivity index (χ0) is 16.4. The Kier molecular flexibility index (Phi) is 3.89. The van der Waals surface area contributed by atoms with Crippen LogP contribution in [0, 0.1) is 11.6 Å². The van der Waals surface area contributed by atoms with E-state index in [4.69, 9.17) is 9.47 Å². The third-order valence-electron chi connectivity index (χ3n) is 3.20. The molecule has 0 aromatic heterocycles. The molecule has 1 heterocycles. The molecule has 0 fully saturated rings. The highest BCUT2D eigenvalue weighted by Crippen LogP contribution is 2.21. The van der Waals surface area contributed by atoms with Crippen LogP contribution in [0.1, 0.15) is 11.1 Å². The quantitative estimate of drug-likeness (QED) is 0.645. The van der Waals surface area contributed by atoms with Crippen molar-refractivity contribution in [2.75, 3.05) is 7.11 Å². The number of hydrogen-bond donors (Lipinski definition) is 0. The van der Waals surface area contributed by atoms with Crippen molar-refractivity contribution < 1.29 is 23.0 Å². The lowest BCUT2D eigenvalue weighted by Crippen LogP contribution is -2.05. The van der Waals surface area contributed by atoms with E-state index in [0.717, 1.165) is 12.1 Å². The van der Waals surface area contributed by atoms with Crippen LogP contribution in [0.2, 0.25) is 0 Å². The van der Waals surface area contributed by atoms with Crippen molar-refractivity contribution in [3.05, 3.63) is 70.9 Å². The van der Waals surface area contributed by atoms with Crippen LogP contribution in [0.15, 0.2) is 53.2 Å². The van der Waals surface area contributed by atoms with Crippen LogP contribution >= 0.6 is 0 Å². The molecule has 0 bridgehead atoms. The second-order valence-corrected chi connectivity index (χ2v) is 4.74. The monoisotopic (exact) mass is 315 g/mol. The van der Waals surface area contributed by atoms with Gasteiger partial charge in [0.05, 0.1) is 7.11 Å². The Morgan fingerprint density at radius 2 is 1.83 bits per heavy atom. The van der Waals surface area contributed by atoms with E-state index >= 15 is 0 Å². The van der Waals surface area contributed by atoms with Crippen molar-refractivity contribution in [3.8, 4) is 5.75 Å². The van der Waals surface area contributed by atoms with Crippen LogP contribution in [0.5, 0.6) is 5.75 Å². The summed E-state index contributed by atoms with van der Waals surface area (Å²) in [5, 5.41) is 0. The minimum absolute atomic E-state index is 0.0156. The van der Waals surface area contributed by atoms with E-state index in [2.05, 4.69) is 4.99 Å². The summed E-state index contributed by atoms with van der Waals surface area (Å²) in [6.07, 6.45) is 1.33. The molecule has 0 saturated heterocycles. The van der Waals surface area contributed by atoms with Crippen LogP contribution in [-0.4, -0.2) is 19.0 Å². The largest absolute Gasteiger partial charge is 0.497 e. The summed E-state index contributed by atoms with van der Waals surface area (Å²) in [7, 11) is 1.55. The topological polar surface area (TPSA) is 47.9 Å². The van der Waals surface area contributed by atoms with E-state index in [0.29, 0.717) is 16.9 Å². The van der Waals surface area contributed by atoms with Crippen molar-refractivity contribution in [2.45, 2.75) is 0 Å². The fourth-order valence-electron chi connectivity index (χ4n) is 2.03. The summed E-state index contributed by atoms with van der Waals surface area (Å²) in [4.78, 5) is 15.9. The van der Waals surface area contributed by atoms with Crippen LogP contribution in [0.4, 0.5) is 8.78 Å². The lowest BCUT2D eigenvalue weighted by molar-refractivity contribution is -0.129. The third kappa shape index (κ3) is 3.11. The standard InChI is InChI=1S/C17H11F2NO3/c1-22-12-5-3-11(4-6-12)16-20-15(17(21)23-16)9-10-2-7-13(18)14(19)8-10/h2-9H,1H3. The lowest BCUT2D eigenvalue weighted by atomic mass is 10.2. The molecular weight excluding hydrogens is 304 g/mol. The van der Waals surface area contributed by atoms with E-state index < -0.39 is 17.6 Å². The predicted octanol–water partition coefficient (Wildman–Crippen LogP) is 3.32. The molecule has 3 rings (SSSR count). The van der Waals surface area contributed by atoms with Gasteiger partial charge in [0, 0.05) is 5.56 Å². The summed E-state index contributed by atoms with van der Waals surface area (Å²) in [6.45, 7) is 0. The smallest absolute Gasteiger partial charge is 0.363 e. The van der Waals surface area contributed by atoms with Gasteiger partial charge >= 0.3 is 5.97 Å². The molecule has 0 amide bonds. The maximum absolute atomic E-state index is 13.2. The van der Waals surface area contributed by atoms with Gasteiger partial charge in [0.2, 0.25) is 5.90 Å². The van der Waals surface area contributed by atoms with Crippen LogP contribution in [-0.2, 0) is 9.53 Å². The van der Waals surface area contributed by atoms with Crippen molar-refractivity contribution in [1.82, 2.24) is 0 Å². The molecule has 4 nitrogen and oxygen atoms in total. The Hall–Kier alpha value is -3.02. The Morgan fingerprint density at radius 1 is 1.09 bits per heavy atom. The number of carbonyl (C=O) groups is 1. The SMILES string of the molecule is COc1ccc(C2=NC(=Cc3ccc(F)c(F)c3)C(=O)O2)cc1. The van der Waals surface area contributed by atoms with E-state index in [1.54, 1.807) is 31.4 Å². The van der Waals surface area contributed by atoms with Gasteiger partial charge in [-0.3, -0.25) is 0 Å². The van der Waals surface area contributed by atoms with E-state index in [1.165, 1.54) is 12.1 Å². The molecule has 0 radical (unpaired) electrons. The third-order valence-corrected chi connectivity index (χ3v) is 3.20. The molecule has 2 aromatic carbocycles. The zero-order valence-electron chi connectivity index (χ0n) is 12.0. The number of rotatable bonds is 3. The minimum Gasteiger partial charge on any atom is -0.497 e. The number of esters is 1. The molecule has 0 N–H and O–H groups in total. The first-order valence-electron chi connectivity index (χ1n) is 6.69. The Balaban J connectivity index is 1.90. The van der Waals surface area contributed by atoms with Gasteiger partial charge in [0.1, 0.15) is 5.75 Å². The summed E-state index contributed by atoms with van der Waals surface area (Å²) in [5.41, 5.74) is 0.935. The number of carbonyl (C=O) groups excluding carboxylic acids is 1. The molecular formula is C17H11F2NO3. The number of nitrogens with zero attached hydrogens (tertiary/aromatic N) is 1. The number of cyclic esters (lactones) is 1. The average molecular weight is 315 g/mol. The molecule has 0 spiro atoms. The van der Waals surface area contributed by atoms with E-state index in [1.807, 2.05) is 0 Å². The van der Waals surface area contributed by atoms with Gasteiger partial charge in [-0.05, 0) is 48.0 Å². The van der Waals surface area contributed by atoms with Crippen molar-refractivity contribution in [3.63, 3.8) is 0 Å². The molecule has 2 aromatic rings. The fourth-order valence-corrected chi connectivity index (χ4v) is 2.03. The second kappa shape index (κ2) is 6.00. The zero-order valence-corrected chi connectivity index (χ0v) is 12.0. The molecule has 0 unspecified atom stereocenters. The van der Waals surface area contributed by atoms with Gasteiger partial charge in [-0.1, -0.05) is 6.07 Å². The number of ether oxygens (including phenoxy) is 2. The van der Waals surface area contributed by atoms with Crippen molar-refractivity contribution in [1.29, 1.82) is 0 Å². The van der Waals surface area contributed by atoms with Gasteiger partial charge in [-0.25, -0.2) is 18.6 Å². The predicted molar refractivity (Wildman–Crippen MR) is 80.0 cm³/mol. The van der Waals surface area contributed by atoms with Crippen LogP contribution in [0.3, 0.4) is 0 Å². The van der Waals surface area contributed by atoms with Gasteiger partial charge in [-0.15, -0.1) is 0 Å². The molecule has 0 saturated carbocycles. The normalized spacial score (nSPS) is 15.5. The summed E-state index contributed by atoms with van der Waals surface area (Å²) in [6, 6.07) is 10.1. The van der Waals surface area contributed by atoms with Gasteiger partial charge in [0.25, 0.3) is 0 Å². The lowest BCUT2D eigenvalue weighted by Gasteiger charge is -2.01. The van der Waals surface area contributed by atoms with Crippen LogP contribution < -0.4 is 4.74 Å². The molecule has 6 heteroatoms. The highest BCUT2D eigenvalue weighted by atomic mass is 19.2. The fraction of sp³-hybridized carbons (Fsp3) is 0.0588. The van der Waals surface area contributed by atoms with E-state index in [9.17, 15) is 13.6 Å². The molecule has 1 aliphatic heterocycles. The summed E-state index contributed by atoms with van der Waals surface area (Å²) in [5.74, 6) is -1.79. The first kappa shape index (κ1) is 14.9. The molecule has 0 atom stereocenters.